The lowest BCUT2D eigenvalue weighted by Gasteiger charge is -2.32. The van der Waals surface area contributed by atoms with Crippen molar-refractivity contribution in [3.8, 4) is 0 Å². The van der Waals surface area contributed by atoms with E-state index in [2.05, 4.69) is 23.6 Å². The maximum absolute atomic E-state index is 13.8. The van der Waals surface area contributed by atoms with Gasteiger partial charge in [-0.05, 0) is 48.9 Å². The van der Waals surface area contributed by atoms with Crippen LogP contribution in [0.25, 0.3) is 4.91 Å². The largest absolute Gasteiger partial charge is 0.356 e. The maximum Gasteiger partial charge on any atom is 0.285 e. The second kappa shape index (κ2) is 9.09. The smallest absolute Gasteiger partial charge is 0.285 e. The molecule has 33 heavy (non-hydrogen) atoms. The molecule has 6 nitrogen and oxygen atoms in total. The summed E-state index contributed by atoms with van der Waals surface area (Å²) in [7, 11) is -3.79. The molecule has 2 heterocycles. The van der Waals surface area contributed by atoms with Crippen LogP contribution in [0.2, 0.25) is 0 Å². The van der Waals surface area contributed by atoms with Gasteiger partial charge < -0.3 is 10.2 Å². The van der Waals surface area contributed by atoms with E-state index in [1.165, 1.54) is 12.1 Å². The third kappa shape index (κ3) is 4.71. The number of piperidine rings is 1. The first-order chi connectivity index (χ1) is 15.7. The fourth-order valence-corrected chi connectivity index (χ4v) is 5.84. The number of carbonyl (C=O) groups excluding carboxylic acids is 1. The Balaban J connectivity index is 1.47. The number of halogens is 1. The van der Waals surface area contributed by atoms with Crippen molar-refractivity contribution in [2.24, 2.45) is 10.3 Å². The van der Waals surface area contributed by atoms with E-state index in [-0.39, 0.29) is 22.4 Å². The van der Waals surface area contributed by atoms with Crippen LogP contribution in [-0.4, -0.2) is 38.2 Å². The van der Waals surface area contributed by atoms with E-state index in [0.717, 1.165) is 5.56 Å². The van der Waals surface area contributed by atoms with E-state index in [4.69, 9.17) is 0 Å². The minimum Gasteiger partial charge on any atom is -0.356 e. The summed E-state index contributed by atoms with van der Waals surface area (Å²) < 4.78 is 43.7. The standard InChI is InChI=1S/C25H28FN3O3S/c1-16(2)18-8-10-19(11-9-18)23-17(3)24(28-33(23,31)32)29-14-12-20(13-15-29)25(30)27-22-7-5-4-6-21(22)26/h4-11,16,20H,12-15H2,1-3H3,(H,27,30). The SMILES string of the molecule is CC1=C(c2ccc(C(C)C)cc2)S(=O)(=O)N=C1N1CCC(C(=O)Nc2ccccc2F)CC1. The quantitative estimate of drug-likeness (QED) is 0.699. The normalized spacial score (nSPS) is 18.6. The monoisotopic (exact) mass is 469 g/mol. The zero-order valence-electron chi connectivity index (χ0n) is 19.0. The molecule has 2 aromatic rings. The molecule has 2 aliphatic rings. The summed E-state index contributed by atoms with van der Waals surface area (Å²) in [5.41, 5.74) is 2.57. The number of carbonyl (C=O) groups is 1. The van der Waals surface area contributed by atoms with Gasteiger partial charge in [-0.15, -0.1) is 4.40 Å². The summed E-state index contributed by atoms with van der Waals surface area (Å²) in [6.07, 6.45) is 1.07. The second-order valence-electron chi connectivity index (χ2n) is 8.85. The Morgan fingerprint density at radius 2 is 1.73 bits per heavy atom. The predicted molar refractivity (Wildman–Crippen MR) is 129 cm³/mol. The van der Waals surface area contributed by atoms with Gasteiger partial charge in [0.05, 0.1) is 5.69 Å². The van der Waals surface area contributed by atoms with Gasteiger partial charge in [-0.1, -0.05) is 50.2 Å². The van der Waals surface area contributed by atoms with Crippen molar-refractivity contribution >= 4 is 32.4 Å². The zero-order valence-corrected chi connectivity index (χ0v) is 19.8. The summed E-state index contributed by atoms with van der Waals surface area (Å²) in [6.45, 7) is 6.97. The number of rotatable bonds is 4. The van der Waals surface area contributed by atoms with Crippen LogP contribution < -0.4 is 5.32 Å². The molecular weight excluding hydrogens is 441 g/mol. The van der Waals surface area contributed by atoms with Gasteiger partial charge in [-0.3, -0.25) is 4.79 Å². The highest BCUT2D eigenvalue weighted by atomic mass is 32.2. The van der Waals surface area contributed by atoms with Crippen LogP contribution in [0, 0.1) is 11.7 Å². The van der Waals surface area contributed by atoms with Crippen molar-refractivity contribution < 1.29 is 17.6 Å². The van der Waals surface area contributed by atoms with Gasteiger partial charge in [0, 0.05) is 24.6 Å². The van der Waals surface area contributed by atoms with E-state index < -0.39 is 15.8 Å². The molecule has 174 valence electrons. The Morgan fingerprint density at radius 3 is 2.33 bits per heavy atom. The molecule has 1 saturated heterocycles. The fraction of sp³-hybridized carbons (Fsp3) is 0.360. The van der Waals surface area contributed by atoms with Crippen LogP contribution in [-0.2, 0) is 14.8 Å². The molecule has 0 spiro atoms. The van der Waals surface area contributed by atoms with Crippen LogP contribution in [0.5, 0.6) is 0 Å². The van der Waals surface area contributed by atoms with Crippen LogP contribution in [0.15, 0.2) is 58.5 Å². The minimum atomic E-state index is -3.79. The lowest BCUT2D eigenvalue weighted by Crippen LogP contribution is -2.41. The van der Waals surface area contributed by atoms with E-state index in [1.54, 1.807) is 19.1 Å². The van der Waals surface area contributed by atoms with Crippen molar-refractivity contribution in [1.82, 2.24) is 4.90 Å². The molecule has 1 N–H and O–H groups in total. The van der Waals surface area contributed by atoms with Gasteiger partial charge in [0.2, 0.25) is 5.91 Å². The number of amidine groups is 1. The number of nitrogens with one attached hydrogen (secondary N) is 1. The fourth-order valence-electron chi connectivity index (χ4n) is 4.35. The van der Waals surface area contributed by atoms with E-state index in [0.29, 0.717) is 48.8 Å². The number of likely N-dealkylation sites (tertiary alicyclic amines) is 1. The number of amides is 1. The summed E-state index contributed by atoms with van der Waals surface area (Å²) >= 11 is 0. The van der Waals surface area contributed by atoms with Crippen molar-refractivity contribution in [2.45, 2.75) is 39.5 Å². The van der Waals surface area contributed by atoms with Gasteiger partial charge in [0.1, 0.15) is 16.6 Å². The first kappa shape index (κ1) is 23.2. The Bertz CT molecular complexity index is 1230. The van der Waals surface area contributed by atoms with Gasteiger partial charge >= 0.3 is 0 Å². The molecule has 2 aromatic carbocycles. The summed E-state index contributed by atoms with van der Waals surface area (Å²) in [5, 5.41) is 2.66. The molecule has 1 amide bonds. The topological polar surface area (TPSA) is 78.8 Å². The number of para-hydroxylation sites is 1. The molecule has 0 aromatic heterocycles. The first-order valence-electron chi connectivity index (χ1n) is 11.1. The molecule has 0 atom stereocenters. The first-order valence-corrected chi connectivity index (χ1v) is 12.6. The van der Waals surface area contributed by atoms with E-state index in [9.17, 15) is 17.6 Å². The lowest BCUT2D eigenvalue weighted by molar-refractivity contribution is -0.121. The number of sulfonamides is 1. The summed E-state index contributed by atoms with van der Waals surface area (Å²) in [5.74, 6) is -0.154. The predicted octanol–water partition coefficient (Wildman–Crippen LogP) is 4.77. The minimum absolute atomic E-state index is 0.170. The van der Waals surface area contributed by atoms with Gasteiger partial charge in [0.25, 0.3) is 10.0 Å². The highest BCUT2D eigenvalue weighted by molar-refractivity contribution is 8.00. The Kier molecular flexibility index (Phi) is 6.38. The Labute approximate surface area is 194 Å². The molecule has 0 unspecified atom stereocenters. The number of benzene rings is 2. The molecular formula is C25H28FN3O3S. The number of hydrogen-bond acceptors (Lipinski definition) is 4. The van der Waals surface area contributed by atoms with Gasteiger partial charge in [-0.25, -0.2) is 4.39 Å². The van der Waals surface area contributed by atoms with Crippen molar-refractivity contribution in [2.75, 3.05) is 18.4 Å². The molecule has 0 saturated carbocycles. The lowest BCUT2D eigenvalue weighted by atomic mass is 9.95. The highest BCUT2D eigenvalue weighted by Crippen LogP contribution is 2.35. The van der Waals surface area contributed by atoms with Gasteiger partial charge in [0.15, 0.2) is 0 Å². The molecule has 0 bridgehead atoms. The summed E-state index contributed by atoms with van der Waals surface area (Å²) in [4.78, 5) is 14.8. The summed E-state index contributed by atoms with van der Waals surface area (Å²) in [6, 6.07) is 13.7. The van der Waals surface area contributed by atoms with E-state index >= 15 is 0 Å². The third-order valence-electron chi connectivity index (χ3n) is 6.28. The second-order valence-corrected chi connectivity index (χ2v) is 10.4. The van der Waals surface area contributed by atoms with Crippen LogP contribution in [0.4, 0.5) is 10.1 Å². The zero-order chi connectivity index (χ0) is 23.8. The average molecular weight is 470 g/mol. The molecule has 4 rings (SSSR count). The molecule has 2 aliphatic heterocycles. The molecule has 0 radical (unpaired) electrons. The Hall–Kier alpha value is -3.00. The average Bonchev–Trinajstić information content (AvgIpc) is 3.04. The van der Waals surface area contributed by atoms with Crippen LogP contribution >= 0.6 is 0 Å². The van der Waals surface area contributed by atoms with Crippen LogP contribution in [0.3, 0.4) is 0 Å². The van der Waals surface area contributed by atoms with Crippen molar-refractivity contribution in [3.63, 3.8) is 0 Å². The Morgan fingerprint density at radius 1 is 1.09 bits per heavy atom. The highest BCUT2D eigenvalue weighted by Gasteiger charge is 2.35. The van der Waals surface area contributed by atoms with Gasteiger partial charge in [-0.2, -0.15) is 8.42 Å². The van der Waals surface area contributed by atoms with Crippen LogP contribution in [0.1, 0.15) is 50.7 Å². The third-order valence-corrected chi connectivity index (χ3v) is 7.75. The number of nitrogens with zero attached hydrogens (tertiary/aromatic N) is 2. The van der Waals surface area contributed by atoms with Crippen molar-refractivity contribution in [3.05, 3.63) is 71.0 Å². The molecule has 8 heteroatoms. The number of hydrogen-bond donors (Lipinski definition) is 1. The van der Waals surface area contributed by atoms with Crippen molar-refractivity contribution in [1.29, 1.82) is 0 Å². The molecule has 1 fully saturated rings. The van der Waals surface area contributed by atoms with E-state index in [1.807, 2.05) is 29.2 Å². The maximum atomic E-state index is 13.8. The molecule has 0 aliphatic carbocycles. The number of anilines is 1.